The quantitative estimate of drug-likeness (QED) is 0.554. The summed E-state index contributed by atoms with van der Waals surface area (Å²) < 4.78 is 37.9. The molecule has 1 N–H and O–H groups in total. The Kier molecular flexibility index (Phi) is 7.84. The lowest BCUT2D eigenvalue weighted by Gasteiger charge is -2.25. The highest BCUT2D eigenvalue weighted by atomic mass is 19.4. The number of hydrogen-bond donors (Lipinski definition) is 1. The predicted octanol–water partition coefficient (Wildman–Crippen LogP) is 3.17. The van der Waals surface area contributed by atoms with E-state index >= 15 is 0 Å². The van der Waals surface area contributed by atoms with Crippen LogP contribution in [0.3, 0.4) is 0 Å². The zero-order valence-electron chi connectivity index (χ0n) is 17.1. The second-order valence-corrected chi connectivity index (χ2v) is 7.47. The van der Waals surface area contributed by atoms with Crippen LogP contribution in [0.25, 0.3) is 5.57 Å². The van der Waals surface area contributed by atoms with Gasteiger partial charge in [-0.05, 0) is 56.0 Å². The minimum absolute atomic E-state index is 0.0810. The zero-order valence-corrected chi connectivity index (χ0v) is 17.1. The van der Waals surface area contributed by atoms with Crippen LogP contribution in [0.1, 0.15) is 37.3 Å². The molecule has 2 rings (SSSR count). The summed E-state index contributed by atoms with van der Waals surface area (Å²) in [6.07, 6.45) is -0.421. The summed E-state index contributed by atoms with van der Waals surface area (Å²) in [7, 11) is 3.51. The van der Waals surface area contributed by atoms with Gasteiger partial charge in [-0.25, -0.2) is 0 Å². The molecule has 0 aromatic heterocycles. The third kappa shape index (κ3) is 6.59. The van der Waals surface area contributed by atoms with Gasteiger partial charge in [0.2, 0.25) is 11.8 Å². The van der Waals surface area contributed by atoms with Crippen LogP contribution < -0.4 is 5.32 Å². The number of likely N-dealkylation sites (tertiary alicyclic amines) is 1. The fourth-order valence-corrected chi connectivity index (χ4v) is 3.42. The second-order valence-electron chi connectivity index (χ2n) is 7.47. The van der Waals surface area contributed by atoms with Gasteiger partial charge in [0.1, 0.15) is 0 Å². The van der Waals surface area contributed by atoms with Crippen LogP contribution >= 0.6 is 0 Å². The molecule has 1 heterocycles. The Morgan fingerprint density at radius 2 is 1.90 bits per heavy atom. The summed E-state index contributed by atoms with van der Waals surface area (Å²) in [4.78, 5) is 28.0. The normalized spacial score (nSPS) is 18.0. The van der Waals surface area contributed by atoms with E-state index in [1.54, 1.807) is 25.9 Å². The van der Waals surface area contributed by atoms with Gasteiger partial charge in [0, 0.05) is 33.3 Å². The van der Waals surface area contributed by atoms with Gasteiger partial charge in [0.05, 0.1) is 11.6 Å². The summed E-state index contributed by atoms with van der Waals surface area (Å²) in [5.74, 6) is -0.175. The Labute approximate surface area is 169 Å². The number of nitrogens with zero attached hydrogens (tertiary/aromatic N) is 2. The minimum Gasteiger partial charge on any atom is -0.352 e. The molecule has 0 aliphatic carbocycles. The van der Waals surface area contributed by atoms with E-state index in [2.05, 4.69) is 10.2 Å². The van der Waals surface area contributed by atoms with Gasteiger partial charge in [0.15, 0.2) is 0 Å². The molecule has 29 heavy (non-hydrogen) atoms. The summed E-state index contributed by atoms with van der Waals surface area (Å²) >= 11 is 0. The van der Waals surface area contributed by atoms with Crippen molar-refractivity contribution in [1.29, 1.82) is 0 Å². The Morgan fingerprint density at radius 1 is 1.24 bits per heavy atom. The Balaban J connectivity index is 1.79. The van der Waals surface area contributed by atoms with Crippen LogP contribution in [-0.2, 0) is 15.8 Å². The summed E-state index contributed by atoms with van der Waals surface area (Å²) in [5, 5.41) is 2.79. The number of nitrogens with one attached hydrogen (secondary N) is 1. The van der Waals surface area contributed by atoms with Gasteiger partial charge in [-0.3, -0.25) is 14.5 Å². The lowest BCUT2D eigenvalue weighted by atomic mass is 10.0. The summed E-state index contributed by atoms with van der Waals surface area (Å²) in [6, 6.07) is 4.65. The van der Waals surface area contributed by atoms with Crippen LogP contribution in [-0.4, -0.2) is 61.4 Å². The van der Waals surface area contributed by atoms with Crippen molar-refractivity contribution in [3.8, 4) is 0 Å². The maximum absolute atomic E-state index is 12.6. The van der Waals surface area contributed by atoms with E-state index in [1.807, 2.05) is 0 Å². The van der Waals surface area contributed by atoms with Gasteiger partial charge in [0.25, 0.3) is 0 Å². The minimum atomic E-state index is -4.38. The molecule has 1 aromatic rings. The molecular weight excluding hydrogens is 383 g/mol. The molecule has 1 unspecified atom stereocenters. The molecule has 8 heteroatoms. The van der Waals surface area contributed by atoms with Crippen molar-refractivity contribution in [2.45, 2.75) is 38.4 Å². The van der Waals surface area contributed by atoms with Crippen molar-refractivity contribution in [3.63, 3.8) is 0 Å². The molecule has 5 nitrogen and oxygen atoms in total. The van der Waals surface area contributed by atoms with E-state index in [0.29, 0.717) is 17.7 Å². The first-order valence-corrected chi connectivity index (χ1v) is 9.68. The van der Waals surface area contributed by atoms with E-state index < -0.39 is 11.7 Å². The highest BCUT2D eigenvalue weighted by Gasteiger charge is 2.31. The number of alkyl halides is 3. The van der Waals surface area contributed by atoms with Gasteiger partial charge in [-0.1, -0.05) is 12.1 Å². The maximum Gasteiger partial charge on any atom is 0.416 e. The first kappa shape index (κ1) is 22.9. The molecule has 1 aliphatic heterocycles. The molecule has 0 spiro atoms. The topological polar surface area (TPSA) is 52.7 Å². The SMILES string of the molecule is C/C(=C/C(=O)NCCCN1CCCC1C(=O)N(C)C)c1ccc(C(F)(F)F)cc1. The number of rotatable bonds is 7. The molecule has 1 atom stereocenters. The average Bonchev–Trinajstić information content (AvgIpc) is 3.12. The summed E-state index contributed by atoms with van der Waals surface area (Å²) in [5.41, 5.74) is 0.439. The van der Waals surface area contributed by atoms with Crippen molar-refractivity contribution in [2.24, 2.45) is 0 Å². The van der Waals surface area contributed by atoms with Crippen molar-refractivity contribution in [2.75, 3.05) is 33.7 Å². The molecule has 160 valence electrons. The number of benzene rings is 1. The van der Waals surface area contributed by atoms with Gasteiger partial charge in [-0.2, -0.15) is 13.2 Å². The predicted molar refractivity (Wildman–Crippen MR) is 106 cm³/mol. The van der Waals surface area contributed by atoms with Crippen LogP contribution in [0, 0.1) is 0 Å². The van der Waals surface area contributed by atoms with Crippen molar-refractivity contribution < 1.29 is 22.8 Å². The first-order chi connectivity index (χ1) is 13.6. The second kappa shape index (κ2) is 9.91. The third-order valence-electron chi connectivity index (χ3n) is 5.03. The number of carbonyl (C=O) groups excluding carboxylic acids is 2. The number of hydrogen-bond acceptors (Lipinski definition) is 3. The number of amides is 2. The van der Waals surface area contributed by atoms with E-state index in [1.165, 1.54) is 18.2 Å². The Morgan fingerprint density at radius 3 is 2.48 bits per heavy atom. The molecule has 0 saturated carbocycles. The molecule has 2 amide bonds. The smallest absolute Gasteiger partial charge is 0.352 e. The monoisotopic (exact) mass is 411 g/mol. The molecule has 0 bridgehead atoms. The van der Waals surface area contributed by atoms with Crippen molar-refractivity contribution in [3.05, 3.63) is 41.5 Å². The maximum atomic E-state index is 12.6. The molecule has 1 fully saturated rings. The fourth-order valence-electron chi connectivity index (χ4n) is 3.42. The van der Waals surface area contributed by atoms with E-state index in [9.17, 15) is 22.8 Å². The van der Waals surface area contributed by atoms with Crippen molar-refractivity contribution >= 4 is 17.4 Å². The van der Waals surface area contributed by atoms with Gasteiger partial charge < -0.3 is 10.2 Å². The largest absolute Gasteiger partial charge is 0.416 e. The van der Waals surface area contributed by atoms with Gasteiger partial charge >= 0.3 is 6.18 Å². The molecule has 0 radical (unpaired) electrons. The average molecular weight is 411 g/mol. The van der Waals surface area contributed by atoms with Gasteiger partial charge in [-0.15, -0.1) is 0 Å². The van der Waals surface area contributed by atoms with E-state index in [4.69, 9.17) is 0 Å². The first-order valence-electron chi connectivity index (χ1n) is 9.68. The lowest BCUT2D eigenvalue weighted by molar-refractivity contribution is -0.137. The Bertz CT molecular complexity index is 743. The van der Waals surface area contributed by atoms with Crippen LogP contribution in [0.2, 0.25) is 0 Å². The zero-order chi connectivity index (χ0) is 21.6. The Hall–Kier alpha value is -2.35. The molecule has 1 saturated heterocycles. The highest BCUT2D eigenvalue weighted by molar-refractivity contribution is 5.94. The third-order valence-corrected chi connectivity index (χ3v) is 5.03. The molecule has 1 aliphatic rings. The van der Waals surface area contributed by atoms with E-state index in [-0.39, 0.29) is 17.9 Å². The molecule has 1 aromatic carbocycles. The summed E-state index contributed by atoms with van der Waals surface area (Å²) in [6.45, 7) is 3.76. The van der Waals surface area contributed by atoms with E-state index in [0.717, 1.165) is 44.5 Å². The number of halogens is 3. The van der Waals surface area contributed by atoms with Crippen LogP contribution in [0.5, 0.6) is 0 Å². The number of likely N-dealkylation sites (N-methyl/N-ethyl adjacent to an activating group) is 1. The van der Waals surface area contributed by atoms with Crippen LogP contribution in [0.15, 0.2) is 30.3 Å². The van der Waals surface area contributed by atoms with Crippen LogP contribution in [0.4, 0.5) is 13.2 Å². The standard InChI is InChI=1S/C21H28F3N3O2/c1-15(16-7-9-17(10-8-16)21(22,23)24)14-19(28)25-11-5-13-27-12-4-6-18(27)20(29)26(2)3/h7-10,14,18H,4-6,11-13H2,1-3H3,(H,25,28)/b15-14-. The highest BCUT2D eigenvalue weighted by Crippen LogP contribution is 2.30. The fraction of sp³-hybridized carbons (Fsp3) is 0.524. The lowest BCUT2D eigenvalue weighted by Crippen LogP contribution is -2.43. The van der Waals surface area contributed by atoms with Crippen molar-refractivity contribution in [1.82, 2.24) is 15.1 Å². The number of allylic oxidation sites excluding steroid dienone is 1. The molecular formula is C21H28F3N3O2. The number of carbonyl (C=O) groups is 2.